The number of hydrogen-bond donors (Lipinski definition) is 1. The predicted molar refractivity (Wildman–Crippen MR) is 75.3 cm³/mol. The average Bonchev–Trinajstić information content (AvgIpc) is 2.37. The molecule has 0 atom stereocenters. The summed E-state index contributed by atoms with van der Waals surface area (Å²) in [6.45, 7) is 0.745. The van der Waals surface area contributed by atoms with Crippen LogP contribution in [0.1, 0.15) is 6.42 Å². The van der Waals surface area contributed by atoms with Gasteiger partial charge in [-0.15, -0.1) is 11.6 Å². The maximum atomic E-state index is 11.7. The Labute approximate surface area is 117 Å². The number of rotatable bonds is 8. The Bertz CT molecular complexity index is 556. The van der Waals surface area contributed by atoms with Gasteiger partial charge in [-0.2, -0.15) is 0 Å². The van der Waals surface area contributed by atoms with Crippen molar-refractivity contribution in [3.05, 3.63) is 28.7 Å². The smallest absolute Gasteiger partial charge is 0.250 e. The number of nitrogens with one attached hydrogen (secondary N) is 1. The molecule has 0 aliphatic carbocycles. The van der Waals surface area contributed by atoms with Crippen LogP contribution in [-0.2, 0) is 21.3 Å². The van der Waals surface area contributed by atoms with Gasteiger partial charge in [0.2, 0.25) is 10.0 Å². The van der Waals surface area contributed by atoms with Gasteiger partial charge in [0, 0.05) is 31.8 Å². The molecule has 1 heterocycles. The fourth-order valence-electron chi connectivity index (χ4n) is 1.43. The van der Waals surface area contributed by atoms with E-state index in [1.54, 1.807) is 0 Å². The maximum absolute atomic E-state index is 11.7. The molecule has 0 aromatic carbocycles. The first-order chi connectivity index (χ1) is 8.98. The molecule has 6 nitrogen and oxygen atoms in total. The van der Waals surface area contributed by atoms with Crippen molar-refractivity contribution in [2.45, 2.75) is 13.0 Å². The van der Waals surface area contributed by atoms with Crippen molar-refractivity contribution in [2.75, 3.05) is 30.1 Å². The van der Waals surface area contributed by atoms with Crippen LogP contribution in [0.4, 0.5) is 5.69 Å². The number of halogens is 1. The van der Waals surface area contributed by atoms with Crippen LogP contribution in [0.5, 0.6) is 0 Å². The van der Waals surface area contributed by atoms with E-state index in [0.29, 0.717) is 25.3 Å². The van der Waals surface area contributed by atoms with Crippen molar-refractivity contribution in [1.82, 2.24) is 4.57 Å². The van der Waals surface area contributed by atoms with Gasteiger partial charge in [-0.3, -0.25) is 9.52 Å². The van der Waals surface area contributed by atoms with Crippen LogP contribution in [0.2, 0.25) is 0 Å². The van der Waals surface area contributed by atoms with E-state index in [9.17, 15) is 13.2 Å². The number of nitrogens with zero attached hydrogens (tertiary/aromatic N) is 1. The van der Waals surface area contributed by atoms with E-state index in [4.69, 9.17) is 16.3 Å². The Morgan fingerprint density at radius 3 is 2.79 bits per heavy atom. The maximum Gasteiger partial charge on any atom is 0.250 e. The van der Waals surface area contributed by atoms with Crippen molar-refractivity contribution in [2.24, 2.45) is 0 Å². The van der Waals surface area contributed by atoms with E-state index < -0.39 is 10.0 Å². The van der Waals surface area contributed by atoms with Gasteiger partial charge in [0.25, 0.3) is 5.56 Å². The fourth-order valence-corrected chi connectivity index (χ4v) is 2.83. The molecule has 0 aliphatic heterocycles. The van der Waals surface area contributed by atoms with E-state index in [0.717, 1.165) is 0 Å². The highest BCUT2D eigenvalue weighted by molar-refractivity contribution is 7.92. The molecule has 8 heteroatoms. The highest BCUT2D eigenvalue weighted by Crippen LogP contribution is 2.07. The first kappa shape index (κ1) is 16.0. The zero-order valence-corrected chi connectivity index (χ0v) is 12.2. The molecule has 0 spiro atoms. The molecule has 0 saturated heterocycles. The summed E-state index contributed by atoms with van der Waals surface area (Å²) in [5.41, 5.74) is 0.144. The van der Waals surface area contributed by atoms with Crippen molar-refractivity contribution in [1.29, 1.82) is 0 Å². The summed E-state index contributed by atoms with van der Waals surface area (Å²) in [6, 6.07) is 2.75. The lowest BCUT2D eigenvalue weighted by Crippen LogP contribution is -2.23. The monoisotopic (exact) mass is 308 g/mol. The molecule has 108 valence electrons. The van der Waals surface area contributed by atoms with E-state index >= 15 is 0 Å². The molecule has 0 radical (unpaired) electrons. The Balaban J connectivity index is 2.82. The Kier molecular flexibility index (Phi) is 6.33. The highest BCUT2D eigenvalue weighted by Gasteiger charge is 2.10. The summed E-state index contributed by atoms with van der Waals surface area (Å²) >= 11 is 5.46. The second-order valence-corrected chi connectivity index (χ2v) is 6.13. The van der Waals surface area contributed by atoms with Gasteiger partial charge in [0.1, 0.15) is 0 Å². The van der Waals surface area contributed by atoms with Gasteiger partial charge in [0.05, 0.1) is 18.0 Å². The van der Waals surface area contributed by atoms with Gasteiger partial charge in [-0.1, -0.05) is 0 Å². The molecule has 0 aliphatic rings. The number of anilines is 1. The molecule has 1 N–H and O–H groups in total. The lowest BCUT2D eigenvalue weighted by molar-refractivity contribution is 0.186. The fraction of sp³-hybridized carbons (Fsp3) is 0.545. The van der Waals surface area contributed by atoms with Crippen LogP contribution in [0.15, 0.2) is 23.1 Å². The Morgan fingerprint density at radius 2 is 2.16 bits per heavy atom. The van der Waals surface area contributed by atoms with Crippen LogP contribution in [-0.4, -0.2) is 38.3 Å². The number of sulfonamides is 1. The number of pyridine rings is 1. The first-order valence-corrected chi connectivity index (χ1v) is 7.93. The third-order valence-corrected chi connectivity index (χ3v) is 3.98. The number of methoxy groups -OCH3 is 1. The molecule has 0 bridgehead atoms. The Hall–Kier alpha value is -1.05. The largest absolute Gasteiger partial charge is 0.383 e. The third kappa shape index (κ3) is 5.63. The second kappa shape index (κ2) is 7.52. The standard InChI is InChI=1S/C11H17ClN2O4S/c1-18-7-6-14-9-10(3-4-11(14)15)13-19(16,17)8-2-5-12/h3-4,9,13H,2,5-8H2,1H3. The van der Waals surface area contributed by atoms with Gasteiger partial charge in [0.15, 0.2) is 0 Å². The third-order valence-electron chi connectivity index (χ3n) is 2.34. The molecular weight excluding hydrogens is 292 g/mol. The predicted octanol–water partition coefficient (Wildman–Crippen LogP) is 0.865. The molecule has 19 heavy (non-hydrogen) atoms. The summed E-state index contributed by atoms with van der Waals surface area (Å²) in [5, 5.41) is 0. The quantitative estimate of drug-likeness (QED) is 0.723. The molecule has 0 saturated carbocycles. The van der Waals surface area contributed by atoms with E-state index in [2.05, 4.69) is 4.72 Å². The number of ether oxygens (including phenoxy) is 1. The lowest BCUT2D eigenvalue weighted by Gasteiger charge is -2.10. The number of aromatic nitrogens is 1. The lowest BCUT2D eigenvalue weighted by atomic mass is 10.4. The van der Waals surface area contributed by atoms with Crippen molar-refractivity contribution >= 4 is 27.3 Å². The summed E-state index contributed by atoms with van der Waals surface area (Å²) in [4.78, 5) is 11.5. The van der Waals surface area contributed by atoms with E-state index in [-0.39, 0.29) is 17.2 Å². The van der Waals surface area contributed by atoms with Gasteiger partial charge >= 0.3 is 0 Å². The molecule has 0 fully saturated rings. The van der Waals surface area contributed by atoms with Crippen LogP contribution < -0.4 is 10.3 Å². The molecule has 1 aromatic heterocycles. The van der Waals surface area contributed by atoms with Crippen molar-refractivity contribution in [3.8, 4) is 0 Å². The molecular formula is C11H17ClN2O4S. The summed E-state index contributed by atoms with van der Waals surface area (Å²) in [5.74, 6) is 0.238. The summed E-state index contributed by atoms with van der Waals surface area (Å²) in [6.07, 6.45) is 1.83. The summed E-state index contributed by atoms with van der Waals surface area (Å²) < 4.78 is 32.1. The topological polar surface area (TPSA) is 77.4 Å². The number of hydrogen-bond acceptors (Lipinski definition) is 4. The van der Waals surface area contributed by atoms with Gasteiger partial charge < -0.3 is 9.30 Å². The Morgan fingerprint density at radius 1 is 1.42 bits per heavy atom. The van der Waals surface area contributed by atoms with Crippen LogP contribution in [0, 0.1) is 0 Å². The molecule has 0 unspecified atom stereocenters. The highest BCUT2D eigenvalue weighted by atomic mass is 35.5. The minimum atomic E-state index is -3.43. The van der Waals surface area contributed by atoms with E-state index in [1.807, 2.05) is 0 Å². The SMILES string of the molecule is COCCn1cc(NS(=O)(=O)CCCCl)ccc1=O. The first-order valence-electron chi connectivity index (χ1n) is 5.74. The normalized spacial score (nSPS) is 11.5. The van der Waals surface area contributed by atoms with Crippen LogP contribution >= 0.6 is 11.6 Å². The zero-order chi connectivity index (χ0) is 14.3. The second-order valence-electron chi connectivity index (χ2n) is 3.91. The molecule has 1 rings (SSSR count). The minimum Gasteiger partial charge on any atom is -0.383 e. The summed E-state index contributed by atoms with van der Waals surface area (Å²) in [7, 11) is -1.90. The molecule has 1 aromatic rings. The average molecular weight is 309 g/mol. The van der Waals surface area contributed by atoms with Crippen molar-refractivity contribution < 1.29 is 13.2 Å². The van der Waals surface area contributed by atoms with E-state index in [1.165, 1.54) is 30.0 Å². The van der Waals surface area contributed by atoms with Crippen LogP contribution in [0.3, 0.4) is 0 Å². The van der Waals surface area contributed by atoms with Crippen molar-refractivity contribution in [3.63, 3.8) is 0 Å². The van der Waals surface area contributed by atoms with Gasteiger partial charge in [-0.25, -0.2) is 8.42 Å². The minimum absolute atomic E-state index is 0.0479. The van der Waals surface area contributed by atoms with Crippen LogP contribution in [0.25, 0.3) is 0 Å². The molecule has 0 amide bonds. The zero-order valence-electron chi connectivity index (χ0n) is 10.6. The van der Waals surface area contributed by atoms with Gasteiger partial charge in [-0.05, 0) is 12.5 Å². The number of alkyl halides is 1.